The largest absolute Gasteiger partial charge is 0.380 e. The molecule has 0 radical (unpaired) electrons. The number of nitrogens with zero attached hydrogens (tertiary/aromatic N) is 3. The lowest BCUT2D eigenvalue weighted by atomic mass is 9.78. The maximum atomic E-state index is 12.8. The number of pyridine rings is 2. The van der Waals surface area contributed by atoms with Gasteiger partial charge in [-0.15, -0.1) is 0 Å². The van der Waals surface area contributed by atoms with E-state index >= 15 is 0 Å². The minimum atomic E-state index is -0.0540. The molecule has 2 saturated heterocycles. The van der Waals surface area contributed by atoms with Gasteiger partial charge in [0.05, 0.1) is 52.8 Å². The summed E-state index contributed by atoms with van der Waals surface area (Å²) in [6.45, 7) is 4.23. The van der Waals surface area contributed by atoms with Gasteiger partial charge in [-0.05, 0) is 41.0 Å². The van der Waals surface area contributed by atoms with Crippen LogP contribution in [-0.4, -0.2) is 35.9 Å². The summed E-state index contributed by atoms with van der Waals surface area (Å²) in [6.07, 6.45) is 6.76. The highest BCUT2D eigenvalue weighted by molar-refractivity contribution is 6.42. The van der Waals surface area contributed by atoms with Gasteiger partial charge in [-0.3, -0.25) is 9.78 Å². The Hall–Kier alpha value is -2.60. The predicted molar refractivity (Wildman–Crippen MR) is 127 cm³/mol. The second kappa shape index (κ2) is 7.48. The lowest BCUT2D eigenvalue weighted by Crippen LogP contribution is -2.66. The number of ether oxygens (including phenoxy) is 1. The van der Waals surface area contributed by atoms with Crippen molar-refractivity contribution >= 4 is 34.5 Å². The molecule has 5 nitrogen and oxygen atoms in total. The van der Waals surface area contributed by atoms with Crippen molar-refractivity contribution in [1.29, 1.82) is 0 Å². The highest BCUT2D eigenvalue weighted by atomic mass is 35.5. The minimum absolute atomic E-state index is 0.0540. The maximum absolute atomic E-state index is 12.8. The smallest absolute Gasteiger partial charge is 0.251 e. The van der Waals surface area contributed by atoms with Crippen molar-refractivity contribution in [3.05, 3.63) is 97.7 Å². The number of rotatable bonds is 4. The standard InChI is InChI=1S/C25H21Cl2N3O2/c26-21-3-1-16(7-22(21)27)11-29-6-5-17(8-24(29)31)19-2-4-23-20(19)9-18(10-28-23)30-12-25(13-30)14-32-15-25/h1-3,5-10H,4,11-15H2. The summed E-state index contributed by atoms with van der Waals surface area (Å²) in [7, 11) is 0. The summed E-state index contributed by atoms with van der Waals surface area (Å²) >= 11 is 12.1. The van der Waals surface area contributed by atoms with Crippen molar-refractivity contribution in [2.24, 2.45) is 5.41 Å². The van der Waals surface area contributed by atoms with E-state index in [1.54, 1.807) is 22.8 Å². The summed E-state index contributed by atoms with van der Waals surface area (Å²) in [6, 6.07) is 11.3. The fourth-order valence-electron chi connectivity index (χ4n) is 4.79. The third-order valence-electron chi connectivity index (χ3n) is 6.62. The Morgan fingerprint density at radius 3 is 2.62 bits per heavy atom. The third kappa shape index (κ3) is 3.36. The molecule has 2 aromatic heterocycles. The van der Waals surface area contributed by atoms with Gasteiger partial charge >= 0.3 is 0 Å². The van der Waals surface area contributed by atoms with Gasteiger partial charge in [-0.1, -0.05) is 35.3 Å². The van der Waals surface area contributed by atoms with E-state index in [0.717, 1.165) is 66.4 Å². The lowest BCUT2D eigenvalue weighted by molar-refractivity contribution is -0.127. The highest BCUT2D eigenvalue weighted by Crippen LogP contribution is 2.41. The second-order valence-electron chi connectivity index (χ2n) is 8.99. The molecule has 6 rings (SSSR count). The monoisotopic (exact) mass is 465 g/mol. The summed E-state index contributed by atoms with van der Waals surface area (Å²) in [5.41, 5.74) is 6.56. The predicted octanol–water partition coefficient (Wildman–Crippen LogP) is 4.42. The first kappa shape index (κ1) is 20.0. The Bertz CT molecular complexity index is 1320. The first-order valence-corrected chi connectivity index (χ1v) is 11.4. The molecule has 4 heterocycles. The van der Waals surface area contributed by atoms with E-state index in [4.69, 9.17) is 32.9 Å². The number of hydrogen-bond donors (Lipinski definition) is 0. The molecule has 0 bridgehead atoms. The van der Waals surface area contributed by atoms with Gasteiger partial charge in [-0.25, -0.2) is 0 Å². The number of fused-ring (bicyclic) bond motifs is 1. The van der Waals surface area contributed by atoms with Crippen LogP contribution in [0.15, 0.2) is 59.7 Å². The molecule has 1 aliphatic carbocycles. The molecule has 0 unspecified atom stereocenters. The van der Waals surface area contributed by atoms with Gasteiger partial charge in [0.25, 0.3) is 5.56 Å². The summed E-state index contributed by atoms with van der Waals surface area (Å²) < 4.78 is 7.06. The zero-order valence-corrected chi connectivity index (χ0v) is 18.9. The van der Waals surface area contributed by atoms with Gasteiger partial charge < -0.3 is 14.2 Å². The SMILES string of the molecule is O=c1cc(C2=CCc3ncc(N4CC5(COC5)C4)cc32)ccn1Cc1ccc(Cl)c(Cl)c1. The van der Waals surface area contributed by atoms with E-state index in [-0.39, 0.29) is 5.56 Å². The fourth-order valence-corrected chi connectivity index (χ4v) is 5.11. The molecule has 3 aromatic rings. The van der Waals surface area contributed by atoms with Crippen molar-refractivity contribution in [3.8, 4) is 0 Å². The van der Waals surface area contributed by atoms with Crippen LogP contribution in [-0.2, 0) is 17.7 Å². The van der Waals surface area contributed by atoms with Crippen LogP contribution in [0.2, 0.25) is 10.0 Å². The molecule has 1 aromatic carbocycles. The van der Waals surface area contributed by atoms with Crippen molar-refractivity contribution in [1.82, 2.24) is 9.55 Å². The van der Waals surface area contributed by atoms with Gasteiger partial charge in [0.1, 0.15) is 0 Å². The van der Waals surface area contributed by atoms with Crippen LogP contribution < -0.4 is 10.5 Å². The van der Waals surface area contributed by atoms with Gasteiger partial charge in [-0.2, -0.15) is 0 Å². The fraction of sp³-hybridized carbons (Fsp3) is 0.280. The van der Waals surface area contributed by atoms with E-state index in [0.29, 0.717) is 22.0 Å². The molecular weight excluding hydrogens is 445 g/mol. The number of allylic oxidation sites excluding steroid dienone is 1. The molecule has 0 atom stereocenters. The Balaban J connectivity index is 1.24. The molecule has 0 N–H and O–H groups in total. The molecule has 0 amide bonds. The zero-order chi connectivity index (χ0) is 21.9. The third-order valence-corrected chi connectivity index (χ3v) is 7.36. The minimum Gasteiger partial charge on any atom is -0.380 e. The van der Waals surface area contributed by atoms with Crippen LogP contribution in [0.1, 0.15) is 22.4 Å². The summed E-state index contributed by atoms with van der Waals surface area (Å²) in [4.78, 5) is 19.9. The molecule has 2 fully saturated rings. The Labute approximate surface area is 195 Å². The van der Waals surface area contributed by atoms with Crippen LogP contribution in [0.4, 0.5) is 5.69 Å². The highest BCUT2D eigenvalue weighted by Gasteiger charge is 2.49. The van der Waals surface area contributed by atoms with Crippen LogP contribution >= 0.6 is 23.2 Å². The number of benzene rings is 1. The van der Waals surface area contributed by atoms with E-state index < -0.39 is 0 Å². The summed E-state index contributed by atoms with van der Waals surface area (Å²) in [5.74, 6) is 0. The molecule has 3 aliphatic rings. The quantitative estimate of drug-likeness (QED) is 0.571. The van der Waals surface area contributed by atoms with E-state index in [1.165, 1.54) is 0 Å². The van der Waals surface area contributed by atoms with E-state index in [1.807, 2.05) is 24.5 Å². The van der Waals surface area contributed by atoms with Crippen molar-refractivity contribution in [3.63, 3.8) is 0 Å². The number of hydrogen-bond acceptors (Lipinski definition) is 4. The van der Waals surface area contributed by atoms with Gasteiger partial charge in [0.2, 0.25) is 0 Å². The van der Waals surface area contributed by atoms with Gasteiger partial charge in [0, 0.05) is 37.3 Å². The van der Waals surface area contributed by atoms with Gasteiger partial charge in [0.15, 0.2) is 0 Å². The normalized spacial score (nSPS) is 18.2. The lowest BCUT2D eigenvalue weighted by Gasteiger charge is -2.55. The van der Waals surface area contributed by atoms with E-state index in [2.05, 4.69) is 17.0 Å². The molecular formula is C25H21Cl2N3O2. The molecule has 162 valence electrons. The number of anilines is 1. The van der Waals surface area contributed by atoms with E-state index in [9.17, 15) is 4.79 Å². The molecule has 0 saturated carbocycles. The second-order valence-corrected chi connectivity index (χ2v) is 9.80. The zero-order valence-electron chi connectivity index (χ0n) is 17.4. The Morgan fingerprint density at radius 1 is 1.06 bits per heavy atom. The molecule has 7 heteroatoms. The van der Waals surface area contributed by atoms with Crippen LogP contribution in [0.3, 0.4) is 0 Å². The van der Waals surface area contributed by atoms with Crippen LogP contribution in [0, 0.1) is 5.41 Å². The van der Waals surface area contributed by atoms with Crippen molar-refractivity contribution < 1.29 is 4.74 Å². The average Bonchev–Trinajstić information content (AvgIpc) is 3.13. The topological polar surface area (TPSA) is 47.4 Å². The molecule has 32 heavy (non-hydrogen) atoms. The Kier molecular flexibility index (Phi) is 4.68. The summed E-state index contributed by atoms with van der Waals surface area (Å²) in [5, 5.41) is 0.996. The molecule has 1 spiro atoms. The van der Waals surface area contributed by atoms with Crippen molar-refractivity contribution in [2.75, 3.05) is 31.2 Å². The van der Waals surface area contributed by atoms with Crippen LogP contribution in [0.25, 0.3) is 5.57 Å². The molecule has 2 aliphatic heterocycles. The van der Waals surface area contributed by atoms with Crippen LogP contribution in [0.5, 0.6) is 0 Å². The number of halogens is 2. The first-order chi connectivity index (χ1) is 15.5. The van der Waals surface area contributed by atoms with Crippen molar-refractivity contribution in [2.45, 2.75) is 13.0 Å². The Morgan fingerprint density at radius 2 is 1.91 bits per heavy atom. The number of aromatic nitrogens is 2. The first-order valence-electron chi connectivity index (χ1n) is 10.7. The maximum Gasteiger partial charge on any atom is 0.251 e. The average molecular weight is 466 g/mol.